The highest BCUT2D eigenvalue weighted by atomic mass is 35.5. The Kier molecular flexibility index (Phi) is 3.61. The fourth-order valence-corrected chi connectivity index (χ4v) is 3.38. The summed E-state index contributed by atoms with van der Waals surface area (Å²) in [5, 5.41) is 0.416. The van der Waals surface area contributed by atoms with Gasteiger partial charge in [0.15, 0.2) is 9.79 Å². The Labute approximate surface area is 110 Å². The lowest BCUT2D eigenvalue weighted by Crippen LogP contribution is -1.99. The Morgan fingerprint density at radius 1 is 0.882 bits per heavy atom. The van der Waals surface area contributed by atoms with E-state index in [2.05, 4.69) is 4.98 Å². The average Bonchev–Trinajstić information content (AvgIpc) is 2.29. The lowest BCUT2D eigenvalue weighted by atomic mass is 10.4. The van der Waals surface area contributed by atoms with Crippen LogP contribution in [0.5, 0.6) is 0 Å². The van der Waals surface area contributed by atoms with Crippen molar-refractivity contribution in [1.82, 2.24) is 4.98 Å². The van der Waals surface area contributed by atoms with E-state index in [-0.39, 0.29) is 10.3 Å². The first-order valence-corrected chi connectivity index (χ1v) is 7.10. The molecule has 0 spiro atoms. The Morgan fingerprint density at radius 2 is 1.41 bits per heavy atom. The molecule has 1 heterocycles. The fourth-order valence-electron chi connectivity index (χ4n) is 1.38. The first-order valence-electron chi connectivity index (χ1n) is 4.71. The molecular formula is C11H11Cl2NO2S+2. The van der Waals surface area contributed by atoms with Crippen LogP contribution in [0.1, 0.15) is 0 Å². The maximum atomic E-state index is 8.21. The number of nitrogens with zero attached hydrogens (tertiary/aromatic N) is 1. The molecule has 0 aliphatic carbocycles. The van der Waals surface area contributed by atoms with E-state index in [9.17, 15) is 0 Å². The highest BCUT2D eigenvalue weighted by Crippen LogP contribution is 2.55. The van der Waals surface area contributed by atoms with Crippen LogP contribution in [0.3, 0.4) is 0 Å². The summed E-state index contributed by atoms with van der Waals surface area (Å²) in [4.78, 5) is 4.94. The standard InChI is InChI=1S/C11H9Cl2NO2S/c12-10-6-9(7-11(13)14-10)17(15,16)8-4-2-1-3-5-8/h1-7,15-16H/p+2. The van der Waals surface area contributed by atoms with Crippen LogP contribution in [0.2, 0.25) is 10.3 Å². The molecule has 0 aliphatic heterocycles. The third kappa shape index (κ3) is 2.73. The van der Waals surface area contributed by atoms with Crippen LogP contribution in [0, 0.1) is 0 Å². The van der Waals surface area contributed by atoms with Gasteiger partial charge in [-0.25, -0.2) is 4.98 Å². The Hall–Kier alpha value is -0.780. The Bertz CT molecular complexity index is 514. The van der Waals surface area contributed by atoms with Crippen LogP contribution < -0.4 is 0 Å². The molecule has 0 aliphatic rings. The van der Waals surface area contributed by atoms with Gasteiger partial charge in [-0.3, -0.25) is 9.11 Å². The molecule has 90 valence electrons. The molecule has 1 aromatic heterocycles. The van der Waals surface area contributed by atoms with E-state index in [1.165, 1.54) is 12.1 Å². The van der Waals surface area contributed by atoms with Gasteiger partial charge < -0.3 is 0 Å². The van der Waals surface area contributed by atoms with Crippen molar-refractivity contribution in [2.45, 2.75) is 9.79 Å². The highest BCUT2D eigenvalue weighted by molar-refractivity contribution is 8.24. The molecule has 0 unspecified atom stereocenters. The number of pyridine rings is 1. The molecule has 3 nitrogen and oxygen atoms in total. The molecule has 17 heavy (non-hydrogen) atoms. The predicted molar refractivity (Wildman–Crippen MR) is 72.0 cm³/mol. The minimum absolute atomic E-state index is 0.208. The molecule has 0 radical (unpaired) electrons. The fraction of sp³-hybridized carbons (Fsp3) is 0. The van der Waals surface area contributed by atoms with E-state index in [1.807, 2.05) is 18.2 Å². The van der Waals surface area contributed by atoms with Crippen molar-refractivity contribution in [3.63, 3.8) is 0 Å². The van der Waals surface area contributed by atoms with Crippen molar-refractivity contribution in [2.75, 3.05) is 0 Å². The van der Waals surface area contributed by atoms with Crippen molar-refractivity contribution < 1.29 is 9.11 Å². The van der Waals surface area contributed by atoms with E-state index in [0.29, 0.717) is 9.79 Å². The quantitative estimate of drug-likeness (QED) is 0.620. The molecule has 6 heteroatoms. The van der Waals surface area contributed by atoms with Crippen molar-refractivity contribution in [2.24, 2.45) is 0 Å². The lowest BCUT2D eigenvalue weighted by Gasteiger charge is -2.23. The normalized spacial score (nSPS) is 12.5. The second-order valence-electron chi connectivity index (χ2n) is 3.37. The monoisotopic (exact) mass is 291 g/mol. The van der Waals surface area contributed by atoms with Gasteiger partial charge >= 0.3 is 0 Å². The number of benzene rings is 1. The maximum absolute atomic E-state index is 8.21. The molecule has 4 N–H and O–H groups in total. The van der Waals surface area contributed by atoms with Gasteiger partial charge in [0.2, 0.25) is 0 Å². The second-order valence-corrected chi connectivity index (χ2v) is 6.32. The summed E-state index contributed by atoms with van der Waals surface area (Å²) in [6.07, 6.45) is 0. The van der Waals surface area contributed by atoms with Crippen LogP contribution in [-0.2, 0) is 0 Å². The average molecular weight is 292 g/mol. The number of rotatable bonds is 2. The third-order valence-corrected chi connectivity index (χ3v) is 4.50. The summed E-state index contributed by atoms with van der Waals surface area (Å²) in [7, 11) is -2.59. The maximum Gasteiger partial charge on any atom is 0.156 e. The zero-order valence-corrected chi connectivity index (χ0v) is 11.0. The van der Waals surface area contributed by atoms with Gasteiger partial charge in [-0.05, 0) is 12.1 Å². The predicted octanol–water partition coefficient (Wildman–Crippen LogP) is 2.89. The molecule has 0 saturated heterocycles. The van der Waals surface area contributed by atoms with Gasteiger partial charge in [0.1, 0.15) is 10.3 Å². The molecule has 0 bridgehead atoms. The second kappa shape index (κ2) is 4.84. The molecular weight excluding hydrogens is 281 g/mol. The molecule has 0 atom stereocenters. The smallest absolute Gasteiger partial charge is 0.156 e. The van der Waals surface area contributed by atoms with Crippen LogP contribution in [0.25, 0.3) is 0 Å². The van der Waals surface area contributed by atoms with Crippen LogP contribution in [-0.4, -0.2) is 14.1 Å². The first kappa shape index (κ1) is 12.7. The summed E-state index contributed by atoms with van der Waals surface area (Å²) in [5.74, 6) is 0. The van der Waals surface area contributed by atoms with Gasteiger partial charge in [-0.15, -0.1) is 0 Å². The summed E-state index contributed by atoms with van der Waals surface area (Å²) in [5.41, 5.74) is 0. The number of aromatic nitrogens is 1. The summed E-state index contributed by atoms with van der Waals surface area (Å²) in [6.45, 7) is 0. The van der Waals surface area contributed by atoms with Crippen LogP contribution in [0.4, 0.5) is 0 Å². The molecule has 0 saturated carbocycles. The molecule has 2 rings (SSSR count). The van der Waals surface area contributed by atoms with Crippen molar-refractivity contribution >= 4 is 33.8 Å². The third-order valence-electron chi connectivity index (χ3n) is 2.19. The van der Waals surface area contributed by atoms with Gasteiger partial charge in [0.05, 0.1) is 0 Å². The summed E-state index contributed by atoms with van der Waals surface area (Å²) in [6, 6.07) is 12.0. The first-order chi connectivity index (χ1) is 8.00. The van der Waals surface area contributed by atoms with E-state index in [0.717, 1.165) is 0 Å². The minimum Gasteiger partial charge on any atom is -0.289 e. The number of hydrogen-bond acceptors (Lipinski definition) is 1. The van der Waals surface area contributed by atoms with Crippen LogP contribution >= 0.6 is 33.8 Å². The van der Waals surface area contributed by atoms with E-state index >= 15 is 0 Å². The SMILES string of the molecule is [OH2+]S([OH2+])(c1ccccc1)c1cc(Cl)nc(Cl)c1. The van der Waals surface area contributed by atoms with Crippen molar-refractivity contribution in [1.29, 1.82) is 0 Å². The molecule has 0 amide bonds. The Morgan fingerprint density at radius 3 is 1.94 bits per heavy atom. The van der Waals surface area contributed by atoms with Crippen molar-refractivity contribution in [3.8, 4) is 0 Å². The van der Waals surface area contributed by atoms with Crippen molar-refractivity contribution in [3.05, 3.63) is 52.8 Å². The zero-order valence-electron chi connectivity index (χ0n) is 8.65. The van der Waals surface area contributed by atoms with Gasteiger partial charge in [0, 0.05) is 22.7 Å². The van der Waals surface area contributed by atoms with E-state index < -0.39 is 10.6 Å². The summed E-state index contributed by atoms with van der Waals surface area (Å²) < 4.78 is 16.4. The lowest BCUT2D eigenvalue weighted by molar-refractivity contribution is 0.487. The van der Waals surface area contributed by atoms with E-state index in [4.69, 9.17) is 32.3 Å². The van der Waals surface area contributed by atoms with Gasteiger partial charge in [0.25, 0.3) is 0 Å². The summed E-state index contributed by atoms with van der Waals surface area (Å²) >= 11 is 11.6. The van der Waals surface area contributed by atoms with Crippen LogP contribution in [0.15, 0.2) is 52.3 Å². The minimum atomic E-state index is -2.59. The topological polar surface area (TPSA) is 58.7 Å². The molecule has 1 aromatic carbocycles. The molecule has 2 aromatic rings. The highest BCUT2D eigenvalue weighted by Gasteiger charge is 2.28. The Balaban J connectivity index is 2.51. The molecule has 0 fully saturated rings. The number of halogens is 2. The van der Waals surface area contributed by atoms with Gasteiger partial charge in [-0.1, -0.05) is 41.4 Å². The van der Waals surface area contributed by atoms with E-state index in [1.54, 1.807) is 12.1 Å². The zero-order chi connectivity index (χ0) is 12.5. The largest absolute Gasteiger partial charge is 0.289 e. The number of hydrogen-bond donors (Lipinski definition) is 0. The van der Waals surface area contributed by atoms with Gasteiger partial charge in [-0.2, -0.15) is 0 Å².